The van der Waals surface area contributed by atoms with Gasteiger partial charge in [-0.3, -0.25) is 0 Å². The fourth-order valence-electron chi connectivity index (χ4n) is 1.84. The molecule has 0 aromatic heterocycles. The number of ether oxygens (including phenoxy) is 3. The van der Waals surface area contributed by atoms with E-state index < -0.39 is 0 Å². The summed E-state index contributed by atoms with van der Waals surface area (Å²) in [6.45, 7) is 8.08. The highest BCUT2D eigenvalue weighted by atomic mass is 16.5. The van der Waals surface area contributed by atoms with Gasteiger partial charge in [-0.1, -0.05) is 6.92 Å². The molecule has 1 saturated heterocycles. The van der Waals surface area contributed by atoms with Crippen molar-refractivity contribution in [3.8, 4) is 0 Å². The van der Waals surface area contributed by atoms with Crippen molar-refractivity contribution in [2.24, 2.45) is 5.41 Å². The molecule has 0 aromatic carbocycles. The van der Waals surface area contributed by atoms with Crippen molar-refractivity contribution < 1.29 is 14.2 Å². The van der Waals surface area contributed by atoms with E-state index in [2.05, 4.69) is 12.2 Å². The quantitative estimate of drug-likeness (QED) is 0.571. The Labute approximate surface area is 98.6 Å². The molecular formula is C12H25NO3. The van der Waals surface area contributed by atoms with Gasteiger partial charge in [-0.2, -0.15) is 0 Å². The Morgan fingerprint density at radius 1 is 1.00 bits per heavy atom. The van der Waals surface area contributed by atoms with Crippen LogP contribution in [0.2, 0.25) is 0 Å². The number of hydrogen-bond donors (Lipinski definition) is 1. The van der Waals surface area contributed by atoms with Crippen molar-refractivity contribution >= 4 is 0 Å². The Morgan fingerprint density at radius 2 is 1.62 bits per heavy atom. The van der Waals surface area contributed by atoms with Crippen molar-refractivity contribution in [1.82, 2.24) is 5.32 Å². The summed E-state index contributed by atoms with van der Waals surface area (Å²) in [5.74, 6) is 0. The summed E-state index contributed by atoms with van der Waals surface area (Å²) >= 11 is 0. The van der Waals surface area contributed by atoms with E-state index in [-0.39, 0.29) is 0 Å². The largest absolute Gasteiger partial charge is 0.382 e. The van der Waals surface area contributed by atoms with Crippen LogP contribution in [0.4, 0.5) is 0 Å². The predicted molar refractivity (Wildman–Crippen MR) is 63.7 cm³/mol. The maximum absolute atomic E-state index is 5.55. The monoisotopic (exact) mass is 231 g/mol. The lowest BCUT2D eigenvalue weighted by atomic mass is 9.76. The fraction of sp³-hybridized carbons (Fsp3) is 1.00. The average molecular weight is 231 g/mol. The minimum Gasteiger partial charge on any atom is -0.382 e. The Bertz CT molecular complexity index is 166. The molecule has 0 aliphatic carbocycles. The average Bonchev–Trinajstić information content (AvgIpc) is 2.25. The third-order valence-corrected chi connectivity index (χ3v) is 3.33. The highest BCUT2D eigenvalue weighted by molar-refractivity contribution is 4.90. The Kier molecular flexibility index (Phi) is 6.96. The first-order valence-electron chi connectivity index (χ1n) is 6.18. The predicted octanol–water partition coefficient (Wildman–Crippen LogP) is 1.06. The van der Waals surface area contributed by atoms with Gasteiger partial charge in [-0.25, -0.2) is 0 Å². The minimum absolute atomic E-state index is 0.511. The van der Waals surface area contributed by atoms with E-state index in [4.69, 9.17) is 14.2 Å². The molecule has 0 spiro atoms. The normalized spacial score (nSPS) is 18.4. The van der Waals surface area contributed by atoms with Gasteiger partial charge in [0.05, 0.1) is 26.4 Å². The smallest absolute Gasteiger partial charge is 0.0701 e. The van der Waals surface area contributed by atoms with Crippen LogP contribution in [0.25, 0.3) is 0 Å². The molecule has 0 aromatic rings. The van der Waals surface area contributed by atoms with E-state index in [0.29, 0.717) is 31.8 Å². The summed E-state index contributed by atoms with van der Waals surface area (Å²) < 4.78 is 15.7. The van der Waals surface area contributed by atoms with E-state index in [0.717, 1.165) is 26.1 Å². The van der Waals surface area contributed by atoms with Crippen LogP contribution in [0.3, 0.4) is 0 Å². The Balaban J connectivity index is 1.84. The second-order valence-electron chi connectivity index (χ2n) is 4.42. The van der Waals surface area contributed by atoms with Crippen LogP contribution in [0.5, 0.6) is 0 Å². The first kappa shape index (κ1) is 13.9. The van der Waals surface area contributed by atoms with Crippen LogP contribution in [0, 0.1) is 5.41 Å². The van der Waals surface area contributed by atoms with Gasteiger partial charge < -0.3 is 19.5 Å². The summed E-state index contributed by atoms with van der Waals surface area (Å²) in [4.78, 5) is 0. The lowest BCUT2D eigenvalue weighted by Gasteiger charge is -2.42. The molecule has 0 saturated carbocycles. The molecule has 4 heteroatoms. The molecule has 0 amide bonds. The fourth-order valence-corrected chi connectivity index (χ4v) is 1.84. The molecule has 0 radical (unpaired) electrons. The molecule has 1 aliphatic rings. The van der Waals surface area contributed by atoms with Crippen LogP contribution in [-0.4, -0.2) is 53.2 Å². The summed E-state index contributed by atoms with van der Waals surface area (Å²) in [6, 6.07) is 0. The van der Waals surface area contributed by atoms with E-state index >= 15 is 0 Å². The van der Waals surface area contributed by atoms with Gasteiger partial charge in [0.1, 0.15) is 0 Å². The number of methoxy groups -OCH3 is 1. The van der Waals surface area contributed by atoms with Gasteiger partial charge in [-0.15, -0.1) is 0 Å². The zero-order chi connectivity index (χ0) is 11.7. The SMILES string of the molecule is CCC1(CCOCCOCCOC)CNC1. The number of nitrogens with one attached hydrogen (secondary N) is 1. The minimum atomic E-state index is 0.511. The molecule has 0 atom stereocenters. The number of rotatable bonds is 10. The molecule has 0 bridgehead atoms. The van der Waals surface area contributed by atoms with Crippen LogP contribution >= 0.6 is 0 Å². The Morgan fingerprint density at radius 3 is 2.12 bits per heavy atom. The number of hydrogen-bond acceptors (Lipinski definition) is 4. The third kappa shape index (κ3) is 4.78. The van der Waals surface area contributed by atoms with Crippen LogP contribution < -0.4 is 5.32 Å². The van der Waals surface area contributed by atoms with Gasteiger partial charge in [0.25, 0.3) is 0 Å². The van der Waals surface area contributed by atoms with Crippen LogP contribution in [0.15, 0.2) is 0 Å². The Hall–Kier alpha value is -0.160. The summed E-state index contributed by atoms with van der Waals surface area (Å²) in [5, 5.41) is 3.33. The molecule has 0 unspecified atom stereocenters. The van der Waals surface area contributed by atoms with Gasteiger partial charge in [0.15, 0.2) is 0 Å². The van der Waals surface area contributed by atoms with Crippen molar-refractivity contribution in [3.63, 3.8) is 0 Å². The van der Waals surface area contributed by atoms with Crippen molar-refractivity contribution in [2.45, 2.75) is 19.8 Å². The van der Waals surface area contributed by atoms with E-state index in [1.807, 2.05) is 0 Å². The van der Waals surface area contributed by atoms with Crippen LogP contribution in [0.1, 0.15) is 19.8 Å². The second kappa shape index (κ2) is 8.01. The van der Waals surface area contributed by atoms with Crippen molar-refractivity contribution in [1.29, 1.82) is 0 Å². The van der Waals surface area contributed by atoms with E-state index in [1.54, 1.807) is 7.11 Å². The highest BCUT2D eigenvalue weighted by Gasteiger charge is 2.34. The molecule has 1 N–H and O–H groups in total. The maximum atomic E-state index is 5.55. The molecule has 1 aliphatic heterocycles. The van der Waals surface area contributed by atoms with E-state index in [9.17, 15) is 0 Å². The molecule has 4 nitrogen and oxygen atoms in total. The molecular weight excluding hydrogens is 206 g/mol. The molecule has 96 valence electrons. The lowest BCUT2D eigenvalue weighted by molar-refractivity contribution is 0.00985. The standard InChI is InChI=1S/C12H25NO3/c1-3-12(10-13-11-12)4-5-15-8-9-16-7-6-14-2/h13H,3-11H2,1-2H3. The highest BCUT2D eigenvalue weighted by Crippen LogP contribution is 2.30. The second-order valence-corrected chi connectivity index (χ2v) is 4.42. The topological polar surface area (TPSA) is 39.7 Å². The summed E-state index contributed by atoms with van der Waals surface area (Å²) in [6.07, 6.45) is 2.41. The lowest BCUT2D eigenvalue weighted by Crippen LogP contribution is -2.53. The molecule has 1 rings (SSSR count). The van der Waals surface area contributed by atoms with E-state index in [1.165, 1.54) is 6.42 Å². The van der Waals surface area contributed by atoms with Crippen molar-refractivity contribution in [3.05, 3.63) is 0 Å². The molecule has 1 heterocycles. The third-order valence-electron chi connectivity index (χ3n) is 3.33. The van der Waals surface area contributed by atoms with Gasteiger partial charge in [-0.05, 0) is 18.3 Å². The van der Waals surface area contributed by atoms with Gasteiger partial charge in [0.2, 0.25) is 0 Å². The van der Waals surface area contributed by atoms with Crippen molar-refractivity contribution in [2.75, 3.05) is 53.2 Å². The molecule has 16 heavy (non-hydrogen) atoms. The summed E-state index contributed by atoms with van der Waals surface area (Å²) in [5.41, 5.74) is 0.511. The van der Waals surface area contributed by atoms with Crippen LogP contribution in [-0.2, 0) is 14.2 Å². The first-order chi connectivity index (χ1) is 7.83. The zero-order valence-electron chi connectivity index (χ0n) is 10.6. The zero-order valence-corrected chi connectivity index (χ0v) is 10.6. The maximum Gasteiger partial charge on any atom is 0.0701 e. The summed E-state index contributed by atoms with van der Waals surface area (Å²) in [7, 11) is 1.68. The van der Waals surface area contributed by atoms with Gasteiger partial charge in [0, 0.05) is 26.8 Å². The first-order valence-corrected chi connectivity index (χ1v) is 6.18. The van der Waals surface area contributed by atoms with Gasteiger partial charge >= 0.3 is 0 Å². The molecule has 1 fully saturated rings.